The SMILES string of the molecule is CCCC(O)OC1CCCCC1. The number of ether oxygens (including phenoxy) is 1. The van der Waals surface area contributed by atoms with Gasteiger partial charge in [0.25, 0.3) is 0 Å². The molecule has 0 saturated heterocycles. The summed E-state index contributed by atoms with van der Waals surface area (Å²) in [5.74, 6) is 0. The monoisotopic (exact) mass is 172 g/mol. The summed E-state index contributed by atoms with van der Waals surface area (Å²) < 4.78 is 5.49. The van der Waals surface area contributed by atoms with Crippen LogP contribution >= 0.6 is 0 Å². The molecule has 12 heavy (non-hydrogen) atoms. The predicted octanol–water partition coefficient (Wildman–Crippen LogP) is 2.45. The van der Waals surface area contributed by atoms with E-state index in [9.17, 15) is 5.11 Å². The second kappa shape index (κ2) is 5.55. The summed E-state index contributed by atoms with van der Waals surface area (Å²) in [6, 6.07) is 0. The maximum atomic E-state index is 9.38. The Hall–Kier alpha value is -0.0800. The van der Waals surface area contributed by atoms with Gasteiger partial charge in [0.1, 0.15) is 0 Å². The van der Waals surface area contributed by atoms with Gasteiger partial charge in [-0.25, -0.2) is 0 Å². The molecule has 2 nitrogen and oxygen atoms in total. The van der Waals surface area contributed by atoms with Gasteiger partial charge in [0, 0.05) is 0 Å². The molecule has 1 fully saturated rings. The fourth-order valence-corrected chi connectivity index (χ4v) is 1.74. The molecule has 1 saturated carbocycles. The third-order valence-corrected chi connectivity index (χ3v) is 2.44. The van der Waals surface area contributed by atoms with E-state index >= 15 is 0 Å². The maximum Gasteiger partial charge on any atom is 0.154 e. The number of aliphatic hydroxyl groups is 1. The standard InChI is InChI=1S/C10H20O2/c1-2-6-10(11)12-9-7-4-3-5-8-9/h9-11H,2-8H2,1H3. The lowest BCUT2D eigenvalue weighted by Gasteiger charge is -2.24. The van der Waals surface area contributed by atoms with Crippen molar-refractivity contribution in [3.8, 4) is 0 Å². The maximum absolute atomic E-state index is 9.38. The average Bonchev–Trinajstić information content (AvgIpc) is 2.06. The zero-order valence-corrected chi connectivity index (χ0v) is 7.96. The first kappa shape index (κ1) is 10.0. The molecule has 1 aliphatic rings. The molecule has 72 valence electrons. The first-order valence-electron chi connectivity index (χ1n) is 5.16. The number of aliphatic hydroxyl groups excluding tert-OH is 1. The number of hydrogen-bond acceptors (Lipinski definition) is 2. The van der Waals surface area contributed by atoms with Crippen molar-refractivity contribution in [2.75, 3.05) is 0 Å². The van der Waals surface area contributed by atoms with E-state index < -0.39 is 6.29 Å². The molecule has 0 aromatic heterocycles. The molecule has 0 aromatic rings. The molecule has 2 heteroatoms. The molecule has 1 aliphatic carbocycles. The third-order valence-electron chi connectivity index (χ3n) is 2.44. The molecule has 0 bridgehead atoms. The predicted molar refractivity (Wildman–Crippen MR) is 48.9 cm³/mol. The molecule has 1 atom stereocenters. The van der Waals surface area contributed by atoms with Gasteiger partial charge in [-0.15, -0.1) is 0 Å². The van der Waals surface area contributed by atoms with Gasteiger partial charge in [-0.3, -0.25) is 0 Å². The van der Waals surface area contributed by atoms with Crippen LogP contribution in [0.2, 0.25) is 0 Å². The van der Waals surface area contributed by atoms with E-state index in [4.69, 9.17) is 4.74 Å². The molecule has 1 N–H and O–H groups in total. The van der Waals surface area contributed by atoms with Gasteiger partial charge < -0.3 is 9.84 Å². The molecule has 0 heterocycles. The van der Waals surface area contributed by atoms with Crippen molar-refractivity contribution in [1.82, 2.24) is 0 Å². The highest BCUT2D eigenvalue weighted by molar-refractivity contribution is 4.65. The van der Waals surface area contributed by atoms with Crippen LogP contribution in [0.25, 0.3) is 0 Å². The van der Waals surface area contributed by atoms with E-state index in [2.05, 4.69) is 6.92 Å². The minimum Gasteiger partial charge on any atom is -0.368 e. The number of hydrogen-bond donors (Lipinski definition) is 1. The quantitative estimate of drug-likeness (QED) is 0.660. The molecule has 0 aliphatic heterocycles. The Morgan fingerprint density at radius 2 is 2.00 bits per heavy atom. The van der Waals surface area contributed by atoms with Crippen molar-refractivity contribution < 1.29 is 9.84 Å². The van der Waals surface area contributed by atoms with E-state index in [0.29, 0.717) is 6.10 Å². The highest BCUT2D eigenvalue weighted by Gasteiger charge is 2.16. The fraction of sp³-hybridized carbons (Fsp3) is 1.00. The second-order valence-corrected chi connectivity index (χ2v) is 3.64. The van der Waals surface area contributed by atoms with Gasteiger partial charge in [-0.1, -0.05) is 32.6 Å². The molecule has 0 spiro atoms. The number of rotatable bonds is 4. The van der Waals surface area contributed by atoms with Crippen molar-refractivity contribution in [3.63, 3.8) is 0 Å². The van der Waals surface area contributed by atoms with Crippen molar-refractivity contribution in [2.24, 2.45) is 0 Å². The van der Waals surface area contributed by atoms with Crippen molar-refractivity contribution in [3.05, 3.63) is 0 Å². The smallest absolute Gasteiger partial charge is 0.154 e. The largest absolute Gasteiger partial charge is 0.368 e. The Bertz CT molecular complexity index is 108. The minimum atomic E-state index is -0.516. The van der Waals surface area contributed by atoms with Gasteiger partial charge in [-0.05, 0) is 19.3 Å². The van der Waals surface area contributed by atoms with E-state index in [1.54, 1.807) is 0 Å². The van der Waals surface area contributed by atoms with Gasteiger partial charge in [0.05, 0.1) is 6.10 Å². The van der Waals surface area contributed by atoms with E-state index in [0.717, 1.165) is 25.7 Å². The van der Waals surface area contributed by atoms with Crippen LogP contribution in [0.15, 0.2) is 0 Å². The minimum absolute atomic E-state index is 0.334. The van der Waals surface area contributed by atoms with Crippen LogP contribution in [0.4, 0.5) is 0 Å². The van der Waals surface area contributed by atoms with Gasteiger partial charge in [-0.2, -0.15) is 0 Å². The Labute approximate surface area is 74.9 Å². The van der Waals surface area contributed by atoms with Crippen LogP contribution in [0.5, 0.6) is 0 Å². The molecule has 1 unspecified atom stereocenters. The van der Waals surface area contributed by atoms with E-state index in [1.807, 2.05) is 0 Å². The summed E-state index contributed by atoms with van der Waals surface area (Å²) >= 11 is 0. The van der Waals surface area contributed by atoms with Crippen molar-refractivity contribution >= 4 is 0 Å². The van der Waals surface area contributed by atoms with E-state index in [1.165, 1.54) is 19.3 Å². The third kappa shape index (κ3) is 3.55. The lowest BCUT2D eigenvalue weighted by molar-refractivity contribution is -0.146. The molecule has 0 amide bonds. The van der Waals surface area contributed by atoms with Crippen LogP contribution < -0.4 is 0 Å². The molecular weight excluding hydrogens is 152 g/mol. The van der Waals surface area contributed by atoms with E-state index in [-0.39, 0.29) is 0 Å². The fourth-order valence-electron chi connectivity index (χ4n) is 1.74. The summed E-state index contributed by atoms with van der Waals surface area (Å²) in [6.07, 6.45) is 7.74. The molecule has 0 aromatic carbocycles. The zero-order valence-electron chi connectivity index (χ0n) is 7.96. The van der Waals surface area contributed by atoms with Crippen LogP contribution in [-0.2, 0) is 4.74 Å². The molecule has 0 radical (unpaired) electrons. The zero-order chi connectivity index (χ0) is 8.81. The summed E-state index contributed by atoms with van der Waals surface area (Å²) in [6.45, 7) is 2.06. The Kier molecular flexibility index (Phi) is 4.62. The first-order valence-corrected chi connectivity index (χ1v) is 5.16. The second-order valence-electron chi connectivity index (χ2n) is 3.64. The van der Waals surface area contributed by atoms with Crippen molar-refractivity contribution in [1.29, 1.82) is 0 Å². The average molecular weight is 172 g/mol. The van der Waals surface area contributed by atoms with Crippen LogP contribution in [0.3, 0.4) is 0 Å². The van der Waals surface area contributed by atoms with Gasteiger partial charge in [0.15, 0.2) is 6.29 Å². The Balaban J connectivity index is 2.11. The Morgan fingerprint density at radius 3 is 2.58 bits per heavy atom. The highest BCUT2D eigenvalue weighted by Crippen LogP contribution is 2.21. The van der Waals surface area contributed by atoms with Crippen LogP contribution in [0, 0.1) is 0 Å². The summed E-state index contributed by atoms with van der Waals surface area (Å²) in [7, 11) is 0. The lowest BCUT2D eigenvalue weighted by Crippen LogP contribution is -2.23. The summed E-state index contributed by atoms with van der Waals surface area (Å²) in [5, 5.41) is 9.38. The molecule has 1 rings (SSSR count). The summed E-state index contributed by atoms with van der Waals surface area (Å²) in [4.78, 5) is 0. The highest BCUT2D eigenvalue weighted by atomic mass is 16.6. The van der Waals surface area contributed by atoms with Crippen LogP contribution in [0.1, 0.15) is 51.9 Å². The van der Waals surface area contributed by atoms with Gasteiger partial charge >= 0.3 is 0 Å². The van der Waals surface area contributed by atoms with Crippen molar-refractivity contribution in [2.45, 2.75) is 64.3 Å². The van der Waals surface area contributed by atoms with Crippen LogP contribution in [-0.4, -0.2) is 17.5 Å². The normalized spacial score (nSPS) is 22.5. The summed E-state index contributed by atoms with van der Waals surface area (Å²) in [5.41, 5.74) is 0. The lowest BCUT2D eigenvalue weighted by atomic mass is 9.98. The topological polar surface area (TPSA) is 29.5 Å². The van der Waals surface area contributed by atoms with Gasteiger partial charge in [0.2, 0.25) is 0 Å². The molecular formula is C10H20O2. The Morgan fingerprint density at radius 1 is 1.33 bits per heavy atom. The first-order chi connectivity index (χ1) is 5.83.